The van der Waals surface area contributed by atoms with E-state index in [0.29, 0.717) is 0 Å². The van der Waals surface area contributed by atoms with E-state index in [0.717, 1.165) is 45.8 Å². The predicted octanol–water partition coefficient (Wildman–Crippen LogP) is 12.2. The van der Waals surface area contributed by atoms with E-state index in [1.165, 1.54) is 60.9 Å². The Labute approximate surface area is 323 Å². The molecule has 3 heterocycles. The number of nitrogens with zero attached hydrogens (tertiary/aromatic N) is 4. The maximum absolute atomic E-state index is 5.90. The molecule has 0 N–H and O–H groups in total. The van der Waals surface area contributed by atoms with E-state index in [1.54, 1.807) is 0 Å². The van der Waals surface area contributed by atoms with Crippen molar-refractivity contribution in [3.8, 4) is 28.1 Å². The second-order valence-corrected chi connectivity index (χ2v) is 16.1. The van der Waals surface area contributed by atoms with Crippen molar-refractivity contribution in [1.82, 2.24) is 9.55 Å². The summed E-state index contributed by atoms with van der Waals surface area (Å²) in [6.07, 6.45) is 2.81. The summed E-state index contributed by atoms with van der Waals surface area (Å²) in [5.74, 6) is 1.01. The van der Waals surface area contributed by atoms with E-state index < -0.39 is 5.54 Å². The maximum Gasteiger partial charge on any atom is 0.137 e. The lowest BCUT2D eigenvalue weighted by atomic mass is 9.79. The van der Waals surface area contributed by atoms with E-state index in [1.807, 2.05) is 6.20 Å². The van der Waals surface area contributed by atoms with Gasteiger partial charge in [-0.2, -0.15) is 0 Å². The molecule has 0 unspecified atom stereocenters. The molecule has 0 fully saturated rings. The standard InChI is InChI=1S/C51H44N4/c1-32-22-23-52-45(26-32)37-20-21-43-42-17-11-13-19-46(42)54(47(43)30-37)41-28-39(36-14-8-7-9-15-36)27-40(29-41)49-53-51(6)44-18-12-10-16-38(44)31-50(51,5)55(49)48-34(3)24-33(2)25-35(48)4/h7-30H,31H2,1-6H3/t50-,51+/m0/s1. The third kappa shape index (κ3) is 4.97. The van der Waals surface area contributed by atoms with Crippen molar-refractivity contribution < 1.29 is 0 Å². The van der Waals surface area contributed by atoms with Crippen molar-refractivity contribution >= 4 is 33.3 Å². The Balaban J connectivity index is 1.27. The number of benzene rings is 6. The first-order valence-electron chi connectivity index (χ1n) is 19.4. The summed E-state index contributed by atoms with van der Waals surface area (Å²) in [6.45, 7) is 13.6. The van der Waals surface area contributed by atoms with Crippen LogP contribution >= 0.6 is 0 Å². The molecule has 1 aliphatic carbocycles. The van der Waals surface area contributed by atoms with Gasteiger partial charge >= 0.3 is 0 Å². The van der Waals surface area contributed by atoms with Gasteiger partial charge in [-0.3, -0.25) is 9.98 Å². The summed E-state index contributed by atoms with van der Waals surface area (Å²) in [7, 11) is 0. The van der Waals surface area contributed by atoms with Gasteiger partial charge in [0.1, 0.15) is 11.4 Å². The molecule has 0 radical (unpaired) electrons. The van der Waals surface area contributed by atoms with Crippen LogP contribution in [0.1, 0.15) is 52.8 Å². The van der Waals surface area contributed by atoms with E-state index in [-0.39, 0.29) is 5.54 Å². The molecule has 0 spiro atoms. The summed E-state index contributed by atoms with van der Waals surface area (Å²) < 4.78 is 2.45. The maximum atomic E-state index is 5.90. The van der Waals surface area contributed by atoms with Crippen molar-refractivity contribution in [2.24, 2.45) is 4.99 Å². The average molecular weight is 713 g/mol. The number of rotatable bonds is 5. The molecule has 6 aromatic carbocycles. The molecule has 2 aliphatic rings. The molecule has 10 rings (SSSR count). The third-order valence-corrected chi connectivity index (χ3v) is 12.4. The highest BCUT2D eigenvalue weighted by atomic mass is 15.4. The molecule has 8 aromatic rings. The average Bonchev–Trinajstić information content (AvgIpc) is 3.72. The van der Waals surface area contributed by atoms with Crippen molar-refractivity contribution in [2.45, 2.75) is 59.0 Å². The summed E-state index contributed by atoms with van der Waals surface area (Å²) in [6, 6.07) is 51.2. The number of fused-ring (bicyclic) bond motifs is 6. The Kier molecular flexibility index (Phi) is 7.35. The van der Waals surface area contributed by atoms with Crippen LogP contribution < -0.4 is 4.90 Å². The predicted molar refractivity (Wildman–Crippen MR) is 230 cm³/mol. The molecule has 268 valence electrons. The Morgan fingerprint density at radius 1 is 0.564 bits per heavy atom. The van der Waals surface area contributed by atoms with Crippen LogP contribution in [0.15, 0.2) is 151 Å². The number of pyridine rings is 1. The van der Waals surface area contributed by atoms with Gasteiger partial charge in [-0.15, -0.1) is 0 Å². The monoisotopic (exact) mass is 712 g/mol. The van der Waals surface area contributed by atoms with Crippen LogP contribution in [0, 0.1) is 27.7 Å². The first-order chi connectivity index (χ1) is 26.6. The van der Waals surface area contributed by atoms with Gasteiger partial charge in [-0.25, -0.2) is 0 Å². The van der Waals surface area contributed by atoms with Crippen LogP contribution in [0.4, 0.5) is 5.69 Å². The largest absolute Gasteiger partial charge is 0.317 e. The molecular weight excluding hydrogens is 669 g/mol. The Morgan fingerprint density at radius 2 is 1.27 bits per heavy atom. The number of hydrogen-bond donors (Lipinski definition) is 0. The fourth-order valence-corrected chi connectivity index (χ4v) is 9.80. The van der Waals surface area contributed by atoms with Gasteiger partial charge in [0.25, 0.3) is 0 Å². The summed E-state index contributed by atoms with van der Waals surface area (Å²) in [5.41, 5.74) is 17.1. The topological polar surface area (TPSA) is 33.4 Å². The van der Waals surface area contributed by atoms with Crippen LogP contribution in [0.25, 0.3) is 49.9 Å². The number of anilines is 1. The molecule has 1 aliphatic heterocycles. The molecule has 4 nitrogen and oxygen atoms in total. The summed E-state index contributed by atoms with van der Waals surface area (Å²) in [4.78, 5) is 13.3. The first-order valence-corrected chi connectivity index (χ1v) is 19.4. The zero-order chi connectivity index (χ0) is 37.6. The molecule has 0 bridgehead atoms. The lowest BCUT2D eigenvalue weighted by Crippen LogP contribution is -2.54. The Morgan fingerprint density at radius 3 is 2.07 bits per heavy atom. The van der Waals surface area contributed by atoms with Crippen LogP contribution in [0.2, 0.25) is 0 Å². The van der Waals surface area contributed by atoms with Crippen LogP contribution in [0.3, 0.4) is 0 Å². The van der Waals surface area contributed by atoms with E-state index in [4.69, 9.17) is 9.98 Å². The number of amidine groups is 1. The SMILES string of the molecule is Cc1ccnc(-c2ccc3c4ccccc4n(-c4cc(C5=N[C@]6(C)c7ccccc7C[C@]6(C)N5c5c(C)cc(C)cc5C)cc(-c5ccccc5)c4)c3c2)c1. The third-order valence-electron chi connectivity index (χ3n) is 12.4. The first kappa shape index (κ1) is 33.3. The van der Waals surface area contributed by atoms with Gasteiger partial charge in [0.05, 0.1) is 22.3 Å². The van der Waals surface area contributed by atoms with Crippen molar-refractivity contribution in [1.29, 1.82) is 0 Å². The molecular formula is C51H44N4. The lowest BCUT2D eigenvalue weighted by molar-refractivity contribution is 0.321. The fraction of sp³-hybridized carbons (Fsp3) is 0.176. The number of aliphatic imine (C=N–C) groups is 1. The van der Waals surface area contributed by atoms with E-state index in [2.05, 4.69) is 191 Å². The second-order valence-electron chi connectivity index (χ2n) is 16.1. The molecule has 4 heteroatoms. The lowest BCUT2D eigenvalue weighted by Gasteiger charge is -2.43. The minimum absolute atomic E-state index is 0.317. The molecule has 0 saturated heterocycles. The minimum Gasteiger partial charge on any atom is -0.317 e. The Bertz CT molecular complexity index is 2860. The quantitative estimate of drug-likeness (QED) is 0.178. The van der Waals surface area contributed by atoms with Crippen LogP contribution in [-0.2, 0) is 12.0 Å². The molecule has 55 heavy (non-hydrogen) atoms. The van der Waals surface area contributed by atoms with Gasteiger partial charge in [0, 0.05) is 39.5 Å². The highest BCUT2D eigenvalue weighted by Gasteiger charge is 2.61. The van der Waals surface area contributed by atoms with E-state index >= 15 is 0 Å². The fourth-order valence-electron chi connectivity index (χ4n) is 9.80. The van der Waals surface area contributed by atoms with E-state index in [9.17, 15) is 0 Å². The number of hydrogen-bond acceptors (Lipinski definition) is 3. The second kappa shape index (κ2) is 12.1. The van der Waals surface area contributed by atoms with Crippen LogP contribution in [0.5, 0.6) is 0 Å². The minimum atomic E-state index is -0.450. The molecule has 0 saturated carbocycles. The zero-order valence-corrected chi connectivity index (χ0v) is 32.4. The van der Waals surface area contributed by atoms with Gasteiger partial charge in [-0.1, -0.05) is 103 Å². The highest BCUT2D eigenvalue weighted by Crippen LogP contribution is 2.56. The zero-order valence-electron chi connectivity index (χ0n) is 32.4. The smallest absolute Gasteiger partial charge is 0.137 e. The van der Waals surface area contributed by atoms with Crippen molar-refractivity contribution in [2.75, 3.05) is 4.90 Å². The highest BCUT2D eigenvalue weighted by molar-refractivity contribution is 6.15. The Hall–Kier alpha value is -6.26. The molecule has 2 aromatic heterocycles. The molecule has 2 atom stereocenters. The number of aryl methyl sites for hydroxylation is 4. The van der Waals surface area contributed by atoms with Gasteiger partial charge < -0.3 is 9.47 Å². The number of para-hydroxylation sites is 1. The normalized spacial score (nSPS) is 18.9. The van der Waals surface area contributed by atoms with Crippen LogP contribution in [-0.4, -0.2) is 20.9 Å². The van der Waals surface area contributed by atoms with Crippen molar-refractivity contribution in [3.63, 3.8) is 0 Å². The summed E-state index contributed by atoms with van der Waals surface area (Å²) in [5, 5.41) is 2.44. The van der Waals surface area contributed by atoms with Crippen molar-refractivity contribution in [3.05, 3.63) is 185 Å². The summed E-state index contributed by atoms with van der Waals surface area (Å²) >= 11 is 0. The van der Waals surface area contributed by atoms with Gasteiger partial charge in [-0.05, 0) is 129 Å². The van der Waals surface area contributed by atoms with Gasteiger partial charge in [0.15, 0.2) is 0 Å². The number of aromatic nitrogens is 2. The van der Waals surface area contributed by atoms with Gasteiger partial charge in [0.2, 0.25) is 0 Å². The molecule has 0 amide bonds.